The van der Waals surface area contributed by atoms with Gasteiger partial charge in [0.05, 0.1) is 45.5 Å². The molecular weight excluding hydrogens is 752 g/mol. The van der Waals surface area contributed by atoms with Crippen molar-refractivity contribution in [3.05, 3.63) is 102 Å². The van der Waals surface area contributed by atoms with Crippen LogP contribution in [0.3, 0.4) is 0 Å². The monoisotopic (exact) mass is 820 g/mol. The second-order valence-corrected chi connectivity index (χ2v) is 22.6. The van der Waals surface area contributed by atoms with Crippen molar-refractivity contribution >= 4 is 22.9 Å². The fourth-order valence-electron chi connectivity index (χ4n) is 6.38. The highest BCUT2D eigenvalue weighted by Crippen LogP contribution is 2.46. The van der Waals surface area contributed by atoms with E-state index < -0.39 is 28.5 Å². The van der Waals surface area contributed by atoms with E-state index in [-0.39, 0.29) is 29.8 Å². The Labute approximate surface area is 346 Å². The van der Waals surface area contributed by atoms with Gasteiger partial charge < -0.3 is 33.6 Å². The summed E-state index contributed by atoms with van der Waals surface area (Å²) in [6, 6.07) is 31.0. The molecule has 0 aromatic heterocycles. The lowest BCUT2D eigenvalue weighted by Gasteiger charge is -2.41. The SMILES string of the molecule is COc1ccc(C(OC[C@@H](CNC(=O)NCCCCCCOP(OCCC#N)N(C(C)C)C(C)C)O[Si](C)(C)C(C)(C)C)(c2ccccc2)c2ccccc2)cc1. The second kappa shape index (κ2) is 23.9. The Hall–Kier alpha value is -3.33. The molecule has 0 fully saturated rings. The highest BCUT2D eigenvalue weighted by molar-refractivity contribution is 7.44. The van der Waals surface area contributed by atoms with Gasteiger partial charge in [-0.15, -0.1) is 0 Å². The van der Waals surface area contributed by atoms with Crippen LogP contribution in [0.25, 0.3) is 0 Å². The molecule has 0 bridgehead atoms. The lowest BCUT2D eigenvalue weighted by atomic mass is 9.80. The summed E-state index contributed by atoms with van der Waals surface area (Å²) in [6.45, 7) is 21.7. The molecule has 2 atom stereocenters. The number of unbranched alkanes of at least 4 members (excludes halogenated alkanes) is 3. The maximum Gasteiger partial charge on any atom is 0.314 e. The lowest BCUT2D eigenvalue weighted by Crippen LogP contribution is -2.50. The van der Waals surface area contributed by atoms with Gasteiger partial charge in [0, 0.05) is 25.2 Å². The first-order chi connectivity index (χ1) is 27.2. The molecule has 0 saturated carbocycles. The van der Waals surface area contributed by atoms with E-state index in [9.17, 15) is 4.79 Å². The van der Waals surface area contributed by atoms with Crippen LogP contribution in [0.5, 0.6) is 5.75 Å². The molecule has 3 aromatic carbocycles. The third-order valence-corrected chi connectivity index (χ3v) is 17.0. The zero-order valence-corrected chi connectivity index (χ0v) is 38.1. The van der Waals surface area contributed by atoms with E-state index in [1.807, 2.05) is 48.5 Å². The van der Waals surface area contributed by atoms with Crippen LogP contribution in [-0.4, -0.2) is 77.2 Å². The number of amides is 2. The minimum atomic E-state index is -2.27. The summed E-state index contributed by atoms with van der Waals surface area (Å²) in [5.74, 6) is 0.765. The Balaban J connectivity index is 1.65. The number of methoxy groups -OCH3 is 1. The molecule has 3 rings (SSSR count). The number of benzene rings is 3. The molecule has 3 aromatic rings. The Morgan fingerprint density at radius 2 is 1.33 bits per heavy atom. The minimum absolute atomic E-state index is 0.0426. The molecule has 10 nitrogen and oxygen atoms in total. The third-order valence-electron chi connectivity index (χ3n) is 10.3. The number of urea groups is 1. The van der Waals surface area contributed by atoms with Crippen LogP contribution in [0.1, 0.15) is 97.3 Å². The molecule has 314 valence electrons. The highest BCUT2D eigenvalue weighted by atomic mass is 31.2. The molecule has 0 spiro atoms. The Morgan fingerprint density at radius 1 is 0.789 bits per heavy atom. The van der Waals surface area contributed by atoms with Crippen molar-refractivity contribution in [2.45, 2.75) is 122 Å². The summed E-state index contributed by atoms with van der Waals surface area (Å²) in [5, 5.41) is 15.1. The fraction of sp³-hybridized carbons (Fsp3) is 0.556. The number of carbonyl (C=O) groups excluding carboxylic acids is 1. The summed E-state index contributed by atoms with van der Waals surface area (Å²) in [5.41, 5.74) is 1.98. The number of nitrogens with one attached hydrogen (secondary N) is 2. The summed E-state index contributed by atoms with van der Waals surface area (Å²) in [6.07, 6.45) is 3.64. The van der Waals surface area contributed by atoms with E-state index in [1.54, 1.807) is 7.11 Å². The normalized spacial score (nSPS) is 13.4. The maximum absolute atomic E-state index is 13.2. The summed E-state index contributed by atoms with van der Waals surface area (Å²) in [4.78, 5) is 13.2. The largest absolute Gasteiger partial charge is 0.497 e. The van der Waals surface area contributed by atoms with Crippen molar-refractivity contribution in [3.63, 3.8) is 0 Å². The molecule has 2 amide bonds. The van der Waals surface area contributed by atoms with Crippen molar-refractivity contribution in [2.75, 3.05) is 40.0 Å². The molecule has 12 heteroatoms. The van der Waals surface area contributed by atoms with Gasteiger partial charge >= 0.3 is 6.03 Å². The smallest absolute Gasteiger partial charge is 0.314 e. The van der Waals surface area contributed by atoms with Gasteiger partial charge in [0.2, 0.25) is 0 Å². The average Bonchev–Trinajstić information content (AvgIpc) is 3.18. The van der Waals surface area contributed by atoms with Gasteiger partial charge in [0.1, 0.15) is 11.4 Å². The van der Waals surface area contributed by atoms with Crippen LogP contribution >= 0.6 is 8.53 Å². The molecule has 0 aliphatic rings. The standard InChI is InChI=1S/C45H69N4O6PSi/c1-36(2)49(37(3)4)56(54-33-21-30-46)53-32-20-12-11-19-31-47-43(50)48-34-42(55-57(9,10)44(5,6)7)35-52-45(38-22-15-13-16-23-38,39-24-17-14-18-25-39)40-26-28-41(51-8)29-27-40/h13-18,22-29,36-37,42H,11-12,19-21,31-35H2,1-10H3,(H2,47,48,50)/t42-,56?/m1/s1. The predicted molar refractivity (Wildman–Crippen MR) is 235 cm³/mol. The summed E-state index contributed by atoms with van der Waals surface area (Å²) < 4.78 is 34.1. The molecule has 57 heavy (non-hydrogen) atoms. The van der Waals surface area contributed by atoms with Crippen LogP contribution in [0.15, 0.2) is 84.9 Å². The predicted octanol–water partition coefficient (Wildman–Crippen LogP) is 10.5. The maximum atomic E-state index is 13.2. The Bertz CT molecular complexity index is 1570. The second-order valence-electron chi connectivity index (χ2n) is 16.4. The van der Waals surface area contributed by atoms with Crippen LogP contribution in [0.4, 0.5) is 4.79 Å². The average molecular weight is 821 g/mol. The molecule has 2 N–H and O–H groups in total. The van der Waals surface area contributed by atoms with Gasteiger partial charge in [-0.25, -0.2) is 9.46 Å². The molecule has 1 unspecified atom stereocenters. The van der Waals surface area contributed by atoms with E-state index in [4.69, 9.17) is 28.2 Å². The zero-order chi connectivity index (χ0) is 41.9. The number of rotatable bonds is 25. The third kappa shape index (κ3) is 14.8. The van der Waals surface area contributed by atoms with Crippen LogP contribution in [-0.2, 0) is 23.8 Å². The first kappa shape index (κ1) is 48.0. The number of nitriles is 1. The zero-order valence-electron chi connectivity index (χ0n) is 36.2. The first-order valence-corrected chi connectivity index (χ1v) is 24.5. The van der Waals surface area contributed by atoms with Crippen molar-refractivity contribution in [2.24, 2.45) is 0 Å². The van der Waals surface area contributed by atoms with Gasteiger partial charge in [-0.1, -0.05) is 106 Å². The topological polar surface area (TPSA) is 114 Å². The summed E-state index contributed by atoms with van der Waals surface area (Å²) in [7, 11) is -1.83. The lowest BCUT2D eigenvalue weighted by molar-refractivity contribution is -0.0327. The van der Waals surface area contributed by atoms with Gasteiger partial charge in [0.15, 0.2) is 8.32 Å². The van der Waals surface area contributed by atoms with Crippen LogP contribution < -0.4 is 15.4 Å². The van der Waals surface area contributed by atoms with Crippen LogP contribution in [0, 0.1) is 11.3 Å². The van der Waals surface area contributed by atoms with E-state index >= 15 is 0 Å². The van der Waals surface area contributed by atoms with Crippen LogP contribution in [0.2, 0.25) is 18.1 Å². The molecule has 0 saturated heterocycles. The quantitative estimate of drug-likeness (QED) is 0.0376. The van der Waals surface area contributed by atoms with Crippen molar-refractivity contribution in [1.82, 2.24) is 15.3 Å². The number of carbonyl (C=O) groups is 1. The van der Waals surface area contributed by atoms with Gasteiger partial charge in [-0.05, 0) is 87.5 Å². The highest BCUT2D eigenvalue weighted by Gasteiger charge is 2.42. The van der Waals surface area contributed by atoms with Crippen molar-refractivity contribution < 1.29 is 27.7 Å². The van der Waals surface area contributed by atoms with E-state index in [0.717, 1.165) is 48.1 Å². The minimum Gasteiger partial charge on any atom is -0.497 e. The number of ether oxygens (including phenoxy) is 2. The molecular formula is C45H69N4O6PSi. The molecule has 0 aliphatic heterocycles. The Morgan fingerprint density at radius 3 is 1.86 bits per heavy atom. The van der Waals surface area contributed by atoms with Gasteiger partial charge in [0.25, 0.3) is 8.53 Å². The van der Waals surface area contributed by atoms with Crippen molar-refractivity contribution in [1.29, 1.82) is 5.26 Å². The number of hydrogen-bond donors (Lipinski definition) is 2. The van der Waals surface area contributed by atoms with Gasteiger partial charge in [-0.3, -0.25) is 0 Å². The Kier molecular flexibility index (Phi) is 20.2. The summed E-state index contributed by atoms with van der Waals surface area (Å²) >= 11 is 0. The molecule has 0 aliphatic carbocycles. The number of hydrogen-bond acceptors (Lipinski definition) is 8. The first-order valence-electron chi connectivity index (χ1n) is 20.5. The molecule has 0 heterocycles. The number of nitrogens with zero attached hydrogens (tertiary/aromatic N) is 2. The fourth-order valence-corrected chi connectivity index (χ4v) is 9.34. The molecule has 0 radical (unpaired) electrons. The van der Waals surface area contributed by atoms with E-state index in [1.165, 1.54) is 0 Å². The van der Waals surface area contributed by atoms with Gasteiger partial charge in [-0.2, -0.15) is 5.26 Å². The van der Waals surface area contributed by atoms with E-state index in [2.05, 4.69) is 119 Å². The van der Waals surface area contributed by atoms with Crippen molar-refractivity contribution in [3.8, 4) is 11.8 Å². The van der Waals surface area contributed by atoms with E-state index in [0.29, 0.717) is 32.7 Å².